The fraction of sp³-hybridized carbons (Fsp3) is 0.286. The number of aliphatic hydroxyl groups excluding tert-OH is 1. The van der Waals surface area contributed by atoms with E-state index in [-0.39, 0.29) is 5.56 Å². The minimum atomic E-state index is -2.81. The highest BCUT2D eigenvalue weighted by atomic mass is 35.5. The number of pyridine rings is 1. The zero-order valence-corrected chi connectivity index (χ0v) is 7.11. The first kappa shape index (κ1) is 10.1. The van der Waals surface area contributed by atoms with Crippen LogP contribution < -0.4 is 5.56 Å². The van der Waals surface area contributed by atoms with Gasteiger partial charge in [0.1, 0.15) is 5.15 Å². The minimum absolute atomic E-state index is 0.149. The van der Waals surface area contributed by atoms with Gasteiger partial charge in [-0.3, -0.25) is 4.79 Å². The maximum Gasteiger partial charge on any atom is 0.267 e. The molecule has 0 atom stereocenters. The summed E-state index contributed by atoms with van der Waals surface area (Å²) >= 11 is 5.36. The predicted molar refractivity (Wildman–Crippen MR) is 43.0 cm³/mol. The molecule has 6 heteroatoms. The second-order valence-electron chi connectivity index (χ2n) is 2.35. The molecule has 2 N–H and O–H groups in total. The van der Waals surface area contributed by atoms with Gasteiger partial charge in [0.25, 0.3) is 6.43 Å². The van der Waals surface area contributed by atoms with Crippen LogP contribution in [-0.4, -0.2) is 10.1 Å². The molecule has 0 spiro atoms. The van der Waals surface area contributed by atoms with E-state index in [1.807, 2.05) is 4.98 Å². The maximum absolute atomic E-state index is 12.3. The Kier molecular flexibility index (Phi) is 3.00. The maximum atomic E-state index is 12.3. The first-order valence-corrected chi connectivity index (χ1v) is 3.74. The highest BCUT2D eigenvalue weighted by Crippen LogP contribution is 2.27. The number of aliphatic hydroxyl groups is 1. The van der Waals surface area contributed by atoms with Gasteiger partial charge < -0.3 is 10.1 Å². The van der Waals surface area contributed by atoms with Crippen molar-refractivity contribution < 1.29 is 13.9 Å². The molecule has 0 saturated carbocycles. The first-order valence-electron chi connectivity index (χ1n) is 3.37. The number of alkyl halides is 2. The van der Waals surface area contributed by atoms with Crippen molar-refractivity contribution in [2.75, 3.05) is 0 Å². The number of aromatic amines is 1. The molecule has 0 radical (unpaired) electrons. The van der Waals surface area contributed by atoms with Gasteiger partial charge >= 0.3 is 0 Å². The lowest BCUT2D eigenvalue weighted by Crippen LogP contribution is -2.10. The van der Waals surface area contributed by atoms with Crippen LogP contribution in [0, 0.1) is 0 Å². The molecule has 0 aliphatic carbocycles. The summed E-state index contributed by atoms with van der Waals surface area (Å²) < 4.78 is 24.6. The first-order chi connectivity index (χ1) is 6.06. The van der Waals surface area contributed by atoms with E-state index in [0.29, 0.717) is 0 Å². The van der Waals surface area contributed by atoms with Crippen molar-refractivity contribution >= 4 is 11.6 Å². The molecule has 1 rings (SSSR count). The van der Waals surface area contributed by atoms with Crippen molar-refractivity contribution in [3.8, 4) is 0 Å². The fourth-order valence-corrected chi connectivity index (χ4v) is 1.25. The standard InChI is InChI=1S/C7H6ClF2NO2/c8-6-5(7(9)10)3(2-12)1-4(13)11-6/h1,7,12H,2H2,(H,11,13). The normalized spacial score (nSPS) is 10.8. The molecule has 0 fully saturated rings. The molecule has 0 saturated heterocycles. The summed E-state index contributed by atoms with van der Waals surface area (Å²) in [5.41, 5.74) is -1.29. The Bertz CT molecular complexity index is 364. The Morgan fingerprint density at radius 1 is 1.62 bits per heavy atom. The van der Waals surface area contributed by atoms with Gasteiger partial charge in [0, 0.05) is 6.07 Å². The van der Waals surface area contributed by atoms with Crippen molar-refractivity contribution in [1.82, 2.24) is 4.98 Å². The number of nitrogens with one attached hydrogen (secondary N) is 1. The molecule has 0 aromatic carbocycles. The molecule has 0 aliphatic heterocycles. The van der Waals surface area contributed by atoms with Gasteiger partial charge in [0.2, 0.25) is 5.56 Å². The molecule has 0 aliphatic rings. The smallest absolute Gasteiger partial charge is 0.267 e. The van der Waals surface area contributed by atoms with Gasteiger partial charge in [-0.1, -0.05) is 11.6 Å². The highest BCUT2D eigenvalue weighted by Gasteiger charge is 2.17. The zero-order valence-electron chi connectivity index (χ0n) is 6.35. The summed E-state index contributed by atoms with van der Waals surface area (Å²) in [4.78, 5) is 12.8. The van der Waals surface area contributed by atoms with E-state index in [4.69, 9.17) is 16.7 Å². The van der Waals surface area contributed by atoms with Crippen LogP contribution in [0.2, 0.25) is 5.15 Å². The van der Waals surface area contributed by atoms with Gasteiger partial charge in [0.05, 0.1) is 12.2 Å². The van der Waals surface area contributed by atoms with E-state index >= 15 is 0 Å². The summed E-state index contributed by atoms with van der Waals surface area (Å²) in [6.07, 6.45) is -2.81. The van der Waals surface area contributed by atoms with Crippen molar-refractivity contribution in [2.24, 2.45) is 0 Å². The van der Waals surface area contributed by atoms with E-state index in [0.717, 1.165) is 6.07 Å². The number of hydrogen-bond donors (Lipinski definition) is 2. The van der Waals surface area contributed by atoms with E-state index < -0.39 is 29.3 Å². The molecule has 1 aromatic heterocycles. The van der Waals surface area contributed by atoms with Crippen LogP contribution in [-0.2, 0) is 6.61 Å². The lowest BCUT2D eigenvalue weighted by atomic mass is 10.1. The Morgan fingerprint density at radius 3 is 2.69 bits per heavy atom. The monoisotopic (exact) mass is 209 g/mol. The van der Waals surface area contributed by atoms with Crippen LogP contribution in [0.25, 0.3) is 0 Å². The fourth-order valence-electron chi connectivity index (χ4n) is 0.955. The van der Waals surface area contributed by atoms with Crippen molar-refractivity contribution in [3.05, 3.63) is 32.7 Å². The molecular weight excluding hydrogens is 204 g/mol. The van der Waals surface area contributed by atoms with Crippen LogP contribution in [0.15, 0.2) is 10.9 Å². The highest BCUT2D eigenvalue weighted by molar-refractivity contribution is 6.30. The van der Waals surface area contributed by atoms with Crippen LogP contribution >= 0.6 is 11.6 Å². The third-order valence-corrected chi connectivity index (χ3v) is 1.81. The number of H-pyrrole nitrogens is 1. The Hall–Kier alpha value is -0.940. The Morgan fingerprint density at radius 2 is 2.23 bits per heavy atom. The Labute approximate surface area is 77.0 Å². The van der Waals surface area contributed by atoms with Crippen LogP contribution in [0.5, 0.6) is 0 Å². The molecule has 1 aromatic rings. The summed E-state index contributed by atoms with van der Waals surface area (Å²) in [7, 11) is 0. The van der Waals surface area contributed by atoms with Gasteiger partial charge in [-0.2, -0.15) is 0 Å². The SMILES string of the molecule is O=c1cc(CO)c(C(F)F)c(Cl)[nH]1. The molecule has 0 unspecified atom stereocenters. The van der Waals surface area contributed by atoms with Crippen LogP contribution in [0.3, 0.4) is 0 Å². The summed E-state index contributed by atoms with van der Waals surface area (Å²) in [6, 6.07) is 0.896. The molecular formula is C7H6ClF2NO2. The molecule has 1 heterocycles. The van der Waals surface area contributed by atoms with Gasteiger partial charge in [0.15, 0.2) is 0 Å². The van der Waals surface area contributed by atoms with Crippen LogP contribution in [0.1, 0.15) is 17.6 Å². The molecule has 0 amide bonds. The molecule has 72 valence electrons. The number of halogens is 3. The Balaban J connectivity index is 3.38. The van der Waals surface area contributed by atoms with E-state index in [1.54, 1.807) is 0 Å². The third kappa shape index (κ3) is 2.05. The lowest BCUT2D eigenvalue weighted by Gasteiger charge is -2.06. The third-order valence-electron chi connectivity index (χ3n) is 1.51. The lowest BCUT2D eigenvalue weighted by molar-refractivity contribution is 0.146. The van der Waals surface area contributed by atoms with Crippen molar-refractivity contribution in [2.45, 2.75) is 13.0 Å². The van der Waals surface area contributed by atoms with Gasteiger partial charge in [-0.15, -0.1) is 0 Å². The van der Waals surface area contributed by atoms with Crippen LogP contribution in [0.4, 0.5) is 8.78 Å². The average molecular weight is 210 g/mol. The number of aromatic nitrogens is 1. The number of rotatable bonds is 2. The van der Waals surface area contributed by atoms with Crippen molar-refractivity contribution in [3.63, 3.8) is 0 Å². The quantitative estimate of drug-likeness (QED) is 0.725. The second kappa shape index (κ2) is 3.85. The zero-order chi connectivity index (χ0) is 10.0. The summed E-state index contributed by atoms with van der Waals surface area (Å²) in [5, 5.41) is 8.25. The van der Waals surface area contributed by atoms with Gasteiger partial charge in [-0.25, -0.2) is 8.78 Å². The van der Waals surface area contributed by atoms with Gasteiger partial charge in [-0.05, 0) is 5.56 Å². The van der Waals surface area contributed by atoms with E-state index in [1.165, 1.54) is 0 Å². The molecule has 0 bridgehead atoms. The molecule has 3 nitrogen and oxygen atoms in total. The van der Waals surface area contributed by atoms with E-state index in [2.05, 4.69) is 0 Å². The summed E-state index contributed by atoms with van der Waals surface area (Å²) in [5.74, 6) is 0. The van der Waals surface area contributed by atoms with E-state index in [9.17, 15) is 13.6 Å². The minimum Gasteiger partial charge on any atom is -0.392 e. The summed E-state index contributed by atoms with van der Waals surface area (Å²) in [6.45, 7) is -0.636. The topological polar surface area (TPSA) is 53.1 Å². The number of hydrogen-bond acceptors (Lipinski definition) is 2. The second-order valence-corrected chi connectivity index (χ2v) is 2.72. The largest absolute Gasteiger partial charge is 0.392 e. The average Bonchev–Trinajstić information content (AvgIpc) is 2.01. The van der Waals surface area contributed by atoms with Crippen molar-refractivity contribution in [1.29, 1.82) is 0 Å². The predicted octanol–water partition coefficient (Wildman–Crippen LogP) is 1.46. The molecule has 13 heavy (non-hydrogen) atoms.